The zero-order valence-electron chi connectivity index (χ0n) is 13.1. The van der Waals surface area contributed by atoms with Gasteiger partial charge in [-0.1, -0.05) is 6.42 Å². The maximum atomic E-state index is 5.57. The summed E-state index contributed by atoms with van der Waals surface area (Å²) in [6, 6.07) is 3.10. The summed E-state index contributed by atoms with van der Waals surface area (Å²) in [7, 11) is 0. The van der Waals surface area contributed by atoms with Crippen molar-refractivity contribution in [1.82, 2.24) is 15.3 Å². The number of piperidine rings is 1. The van der Waals surface area contributed by atoms with Crippen molar-refractivity contribution in [1.29, 1.82) is 0 Å². The molecule has 116 valence electrons. The van der Waals surface area contributed by atoms with Gasteiger partial charge in [-0.15, -0.1) is 0 Å². The number of ether oxygens (including phenoxy) is 1. The molecule has 1 aromatic heterocycles. The third kappa shape index (κ3) is 3.84. The SMILES string of the molecule is CCOc1cc(C)nc(N(CC2CCCCN2)C2CC2)n1. The second-order valence-electron chi connectivity index (χ2n) is 6.11. The van der Waals surface area contributed by atoms with Crippen LogP contribution in [0.4, 0.5) is 5.95 Å². The summed E-state index contributed by atoms with van der Waals surface area (Å²) in [5.74, 6) is 1.54. The molecule has 5 heteroatoms. The summed E-state index contributed by atoms with van der Waals surface area (Å²) in [4.78, 5) is 11.7. The van der Waals surface area contributed by atoms with Gasteiger partial charge in [-0.2, -0.15) is 4.98 Å². The van der Waals surface area contributed by atoms with Crippen molar-refractivity contribution < 1.29 is 4.74 Å². The van der Waals surface area contributed by atoms with Gasteiger partial charge in [0.2, 0.25) is 11.8 Å². The molecule has 1 saturated carbocycles. The predicted molar refractivity (Wildman–Crippen MR) is 83.9 cm³/mol. The summed E-state index contributed by atoms with van der Waals surface area (Å²) < 4.78 is 5.57. The van der Waals surface area contributed by atoms with Gasteiger partial charge in [-0.25, -0.2) is 4.98 Å². The van der Waals surface area contributed by atoms with Crippen molar-refractivity contribution in [2.24, 2.45) is 0 Å². The Labute approximate surface area is 127 Å². The lowest BCUT2D eigenvalue weighted by Crippen LogP contribution is -2.45. The van der Waals surface area contributed by atoms with E-state index in [2.05, 4.69) is 20.2 Å². The summed E-state index contributed by atoms with van der Waals surface area (Å²) in [6.07, 6.45) is 6.40. The van der Waals surface area contributed by atoms with Gasteiger partial charge in [0.25, 0.3) is 0 Å². The molecule has 0 aromatic carbocycles. The van der Waals surface area contributed by atoms with E-state index in [1.54, 1.807) is 0 Å². The number of rotatable bonds is 6. The molecule has 0 amide bonds. The van der Waals surface area contributed by atoms with Gasteiger partial charge < -0.3 is 15.0 Å². The highest BCUT2D eigenvalue weighted by Gasteiger charge is 2.33. The van der Waals surface area contributed by atoms with Crippen LogP contribution in [0.5, 0.6) is 5.88 Å². The topological polar surface area (TPSA) is 50.3 Å². The minimum Gasteiger partial charge on any atom is -0.478 e. The molecule has 1 aliphatic heterocycles. The Kier molecular flexibility index (Phi) is 4.58. The Morgan fingerprint density at radius 1 is 1.29 bits per heavy atom. The summed E-state index contributed by atoms with van der Waals surface area (Å²) in [6.45, 7) is 6.80. The Morgan fingerprint density at radius 3 is 2.81 bits per heavy atom. The molecule has 1 atom stereocenters. The van der Waals surface area contributed by atoms with Crippen LogP contribution < -0.4 is 15.0 Å². The molecule has 2 aliphatic rings. The normalized spacial score (nSPS) is 22.1. The third-order valence-electron chi connectivity index (χ3n) is 4.19. The maximum absolute atomic E-state index is 5.57. The molecule has 2 fully saturated rings. The molecule has 1 saturated heterocycles. The van der Waals surface area contributed by atoms with Gasteiger partial charge >= 0.3 is 0 Å². The van der Waals surface area contributed by atoms with Gasteiger partial charge in [0.1, 0.15) is 0 Å². The standard InChI is InChI=1S/C16H26N4O/c1-3-21-15-10-12(2)18-16(19-15)20(14-7-8-14)11-13-6-4-5-9-17-13/h10,13-14,17H,3-9,11H2,1-2H3. The Hall–Kier alpha value is -1.36. The van der Waals surface area contributed by atoms with Crippen molar-refractivity contribution >= 4 is 5.95 Å². The largest absolute Gasteiger partial charge is 0.478 e. The third-order valence-corrected chi connectivity index (χ3v) is 4.19. The first kappa shape index (κ1) is 14.6. The fourth-order valence-electron chi connectivity index (χ4n) is 2.97. The fraction of sp³-hybridized carbons (Fsp3) is 0.750. The minimum absolute atomic E-state index is 0.569. The van der Waals surface area contributed by atoms with Crippen LogP contribution in [0.25, 0.3) is 0 Å². The molecule has 3 rings (SSSR count). The monoisotopic (exact) mass is 290 g/mol. The number of aromatic nitrogens is 2. The number of aryl methyl sites for hydroxylation is 1. The second-order valence-corrected chi connectivity index (χ2v) is 6.11. The van der Waals surface area contributed by atoms with E-state index in [1.165, 1.54) is 32.1 Å². The van der Waals surface area contributed by atoms with Crippen LogP contribution in [0.15, 0.2) is 6.07 Å². The summed E-state index contributed by atoms with van der Waals surface area (Å²) >= 11 is 0. The van der Waals surface area contributed by atoms with Crippen molar-refractivity contribution in [3.8, 4) is 5.88 Å². The fourth-order valence-corrected chi connectivity index (χ4v) is 2.97. The van der Waals surface area contributed by atoms with Gasteiger partial charge in [-0.05, 0) is 46.1 Å². The highest BCUT2D eigenvalue weighted by atomic mass is 16.5. The predicted octanol–water partition coefficient (Wildman–Crippen LogP) is 2.29. The van der Waals surface area contributed by atoms with Crippen LogP contribution in [0.1, 0.15) is 44.7 Å². The number of hydrogen-bond donors (Lipinski definition) is 1. The Bertz CT molecular complexity index is 469. The molecule has 0 bridgehead atoms. The first-order valence-electron chi connectivity index (χ1n) is 8.24. The van der Waals surface area contributed by atoms with Gasteiger partial charge in [0.15, 0.2) is 0 Å². The van der Waals surface area contributed by atoms with Crippen LogP contribution >= 0.6 is 0 Å². The van der Waals surface area contributed by atoms with Crippen molar-refractivity contribution in [3.63, 3.8) is 0 Å². The first-order chi connectivity index (χ1) is 10.3. The molecule has 2 heterocycles. The minimum atomic E-state index is 0.569. The average Bonchev–Trinajstić information content (AvgIpc) is 3.30. The van der Waals surface area contributed by atoms with Gasteiger partial charge in [0.05, 0.1) is 6.61 Å². The van der Waals surface area contributed by atoms with Gasteiger partial charge in [0, 0.05) is 30.4 Å². The van der Waals surface area contributed by atoms with Crippen LogP contribution in [0.2, 0.25) is 0 Å². The van der Waals surface area contributed by atoms with E-state index in [9.17, 15) is 0 Å². The molecular formula is C16H26N4O. The zero-order valence-corrected chi connectivity index (χ0v) is 13.1. The van der Waals surface area contributed by atoms with Crippen molar-refractivity contribution in [2.45, 2.75) is 58.0 Å². The molecule has 1 N–H and O–H groups in total. The maximum Gasteiger partial charge on any atom is 0.229 e. The Morgan fingerprint density at radius 2 is 2.14 bits per heavy atom. The first-order valence-corrected chi connectivity index (χ1v) is 8.24. The average molecular weight is 290 g/mol. The highest BCUT2D eigenvalue weighted by Crippen LogP contribution is 2.31. The van der Waals surface area contributed by atoms with E-state index in [4.69, 9.17) is 4.74 Å². The van der Waals surface area contributed by atoms with E-state index in [1.807, 2.05) is 19.9 Å². The quantitative estimate of drug-likeness (QED) is 0.871. The molecular weight excluding hydrogens is 264 g/mol. The van der Waals surface area contributed by atoms with E-state index in [0.717, 1.165) is 24.7 Å². The van der Waals surface area contributed by atoms with E-state index >= 15 is 0 Å². The number of hydrogen-bond acceptors (Lipinski definition) is 5. The van der Waals surface area contributed by atoms with Crippen LogP contribution in [0.3, 0.4) is 0 Å². The smallest absolute Gasteiger partial charge is 0.229 e. The van der Waals surface area contributed by atoms with E-state index < -0.39 is 0 Å². The van der Waals surface area contributed by atoms with Crippen molar-refractivity contribution in [3.05, 3.63) is 11.8 Å². The van der Waals surface area contributed by atoms with Crippen LogP contribution in [-0.4, -0.2) is 41.7 Å². The second kappa shape index (κ2) is 6.60. The number of nitrogens with zero attached hydrogens (tertiary/aromatic N) is 3. The van der Waals surface area contributed by atoms with E-state index in [-0.39, 0.29) is 0 Å². The Balaban J connectivity index is 1.76. The lowest BCUT2D eigenvalue weighted by atomic mass is 10.0. The molecule has 0 spiro atoms. The lowest BCUT2D eigenvalue weighted by Gasteiger charge is -2.31. The number of nitrogens with one attached hydrogen (secondary N) is 1. The summed E-state index contributed by atoms with van der Waals surface area (Å²) in [5, 5.41) is 3.63. The summed E-state index contributed by atoms with van der Waals surface area (Å²) in [5.41, 5.74) is 0.978. The molecule has 1 aromatic rings. The lowest BCUT2D eigenvalue weighted by molar-refractivity contribution is 0.325. The van der Waals surface area contributed by atoms with E-state index in [0.29, 0.717) is 24.6 Å². The molecule has 5 nitrogen and oxygen atoms in total. The molecule has 21 heavy (non-hydrogen) atoms. The highest BCUT2D eigenvalue weighted by molar-refractivity contribution is 5.38. The molecule has 0 radical (unpaired) electrons. The molecule has 1 aliphatic carbocycles. The van der Waals surface area contributed by atoms with Crippen LogP contribution in [0, 0.1) is 6.92 Å². The van der Waals surface area contributed by atoms with Crippen LogP contribution in [-0.2, 0) is 0 Å². The number of anilines is 1. The molecule has 1 unspecified atom stereocenters. The van der Waals surface area contributed by atoms with Gasteiger partial charge in [-0.3, -0.25) is 0 Å². The van der Waals surface area contributed by atoms with Crippen molar-refractivity contribution in [2.75, 3.05) is 24.6 Å². The zero-order chi connectivity index (χ0) is 14.7.